The molecule has 0 bridgehead atoms. The van der Waals surface area contributed by atoms with Crippen molar-refractivity contribution in [2.24, 2.45) is 0 Å². The van der Waals surface area contributed by atoms with Crippen LogP contribution in [-0.4, -0.2) is 36.9 Å². The number of hydrogen-bond acceptors (Lipinski definition) is 5. The van der Waals surface area contributed by atoms with Crippen LogP contribution < -0.4 is 15.5 Å². The van der Waals surface area contributed by atoms with Crippen LogP contribution in [0.3, 0.4) is 0 Å². The smallest absolute Gasteiger partial charge is 0.240 e. The van der Waals surface area contributed by atoms with Crippen molar-refractivity contribution in [1.29, 1.82) is 0 Å². The normalized spacial score (nSPS) is 15.0. The molecule has 2 aromatic carbocycles. The number of nitrogens with zero attached hydrogens (tertiary/aromatic N) is 3. The van der Waals surface area contributed by atoms with E-state index in [1.165, 1.54) is 6.42 Å². The van der Waals surface area contributed by atoms with E-state index in [9.17, 15) is 8.42 Å². The predicted octanol–water partition coefficient (Wildman–Crippen LogP) is 3.54. The fourth-order valence-corrected chi connectivity index (χ4v) is 5.50. The van der Waals surface area contributed by atoms with Gasteiger partial charge in [0.2, 0.25) is 10.0 Å². The number of benzene rings is 2. The van der Waals surface area contributed by atoms with Crippen LogP contribution in [0.15, 0.2) is 71.8 Å². The average molecular weight is 457 g/mol. The molecule has 0 atom stereocenters. The van der Waals surface area contributed by atoms with Gasteiger partial charge in [-0.2, -0.15) is 9.61 Å². The summed E-state index contributed by atoms with van der Waals surface area (Å²) in [5.41, 5.74) is 3.47. The van der Waals surface area contributed by atoms with E-state index in [0.29, 0.717) is 16.9 Å². The first-order chi connectivity index (χ1) is 16.0. The Balaban J connectivity index is 1.42. The van der Waals surface area contributed by atoms with Crippen molar-refractivity contribution in [2.45, 2.75) is 43.0 Å². The fraction of sp³-hybridized carbons (Fsp3) is 0.250. The summed E-state index contributed by atoms with van der Waals surface area (Å²) in [7, 11) is 2.54. The molecule has 2 aromatic heterocycles. The summed E-state index contributed by atoms with van der Waals surface area (Å²) >= 11 is 0. The van der Waals surface area contributed by atoms with Gasteiger partial charge in [0.05, 0.1) is 10.6 Å². The van der Waals surface area contributed by atoms with E-state index in [2.05, 4.69) is 20.1 Å². The minimum Gasteiger partial charge on any atom is -0.340 e. The summed E-state index contributed by atoms with van der Waals surface area (Å²) in [6.45, 7) is 0. The first-order valence-corrected chi connectivity index (χ1v) is 12.6. The van der Waals surface area contributed by atoms with E-state index >= 15 is 0 Å². The molecule has 33 heavy (non-hydrogen) atoms. The monoisotopic (exact) mass is 457 g/mol. The van der Waals surface area contributed by atoms with Crippen molar-refractivity contribution in [2.75, 3.05) is 5.32 Å². The maximum Gasteiger partial charge on any atom is 0.240 e. The Bertz CT molecular complexity index is 1370. The van der Waals surface area contributed by atoms with E-state index in [0.717, 1.165) is 42.6 Å². The molecule has 1 aliphatic carbocycles. The molecule has 7 nitrogen and oxygen atoms in total. The Morgan fingerprint density at radius 1 is 0.970 bits per heavy atom. The lowest BCUT2D eigenvalue weighted by atomic mass is 9.96. The Morgan fingerprint density at radius 3 is 2.42 bits per heavy atom. The molecule has 2 heterocycles. The van der Waals surface area contributed by atoms with E-state index in [1.54, 1.807) is 35.0 Å². The molecule has 2 radical (unpaired) electrons. The van der Waals surface area contributed by atoms with Gasteiger partial charge in [0, 0.05) is 29.6 Å². The lowest BCUT2D eigenvalue weighted by molar-refractivity contribution is 0.412. The Kier molecular flexibility index (Phi) is 5.91. The van der Waals surface area contributed by atoms with Crippen molar-refractivity contribution in [3.05, 3.63) is 66.9 Å². The van der Waals surface area contributed by atoms with Gasteiger partial charge in [-0.25, -0.2) is 18.1 Å². The second-order valence-electron chi connectivity index (χ2n) is 8.33. The van der Waals surface area contributed by atoms with Crippen LogP contribution in [0.5, 0.6) is 0 Å². The lowest BCUT2D eigenvalue weighted by Gasteiger charge is -2.22. The molecule has 4 aromatic rings. The summed E-state index contributed by atoms with van der Waals surface area (Å²) in [5, 5.41) is 7.65. The van der Waals surface area contributed by atoms with Crippen LogP contribution in [-0.2, 0) is 10.0 Å². The minimum atomic E-state index is -3.55. The first kappa shape index (κ1) is 21.7. The second kappa shape index (κ2) is 9.00. The molecule has 1 saturated carbocycles. The van der Waals surface area contributed by atoms with Crippen molar-refractivity contribution in [1.82, 2.24) is 19.3 Å². The summed E-state index contributed by atoms with van der Waals surface area (Å²) in [5.74, 6) is 0.673. The number of rotatable bonds is 6. The third-order valence-electron chi connectivity index (χ3n) is 5.93. The molecule has 9 heteroatoms. The Morgan fingerprint density at radius 2 is 1.70 bits per heavy atom. The van der Waals surface area contributed by atoms with Crippen molar-refractivity contribution in [3.8, 4) is 11.3 Å². The highest BCUT2D eigenvalue weighted by Crippen LogP contribution is 2.25. The van der Waals surface area contributed by atoms with E-state index in [-0.39, 0.29) is 10.9 Å². The Hall–Kier alpha value is -3.17. The van der Waals surface area contributed by atoms with Gasteiger partial charge < -0.3 is 5.32 Å². The number of sulfonamides is 1. The quantitative estimate of drug-likeness (QED) is 0.433. The van der Waals surface area contributed by atoms with Crippen molar-refractivity contribution in [3.63, 3.8) is 0 Å². The molecular weight excluding hydrogens is 433 g/mol. The van der Waals surface area contributed by atoms with E-state index in [4.69, 9.17) is 7.85 Å². The second-order valence-corrected chi connectivity index (χ2v) is 10.0. The van der Waals surface area contributed by atoms with Gasteiger partial charge in [-0.15, -0.1) is 0 Å². The van der Waals surface area contributed by atoms with Crippen LogP contribution in [0, 0.1) is 0 Å². The lowest BCUT2D eigenvalue weighted by Crippen LogP contribution is -2.36. The van der Waals surface area contributed by atoms with Crippen molar-refractivity contribution < 1.29 is 8.42 Å². The highest BCUT2D eigenvalue weighted by atomic mass is 32.2. The SMILES string of the molecule is [B]c1cnn2c(Nc3ccc(S(=O)(=O)NC4CCCCC4)cc3)cc(-c3ccccc3)nc12. The topological polar surface area (TPSA) is 88.4 Å². The van der Waals surface area contributed by atoms with Crippen molar-refractivity contribution >= 4 is 40.5 Å². The van der Waals surface area contributed by atoms with Crippen LogP contribution in [0.2, 0.25) is 0 Å². The zero-order chi connectivity index (χ0) is 22.8. The molecular formula is C24H24BN5O2S. The maximum absolute atomic E-state index is 12.8. The predicted molar refractivity (Wildman–Crippen MR) is 131 cm³/mol. The van der Waals surface area contributed by atoms with Gasteiger partial charge in [0.25, 0.3) is 0 Å². The zero-order valence-electron chi connectivity index (χ0n) is 18.1. The highest BCUT2D eigenvalue weighted by Gasteiger charge is 2.21. The highest BCUT2D eigenvalue weighted by molar-refractivity contribution is 7.89. The molecule has 0 aliphatic heterocycles. The maximum atomic E-state index is 12.8. The molecule has 0 amide bonds. The van der Waals surface area contributed by atoms with Crippen LogP contribution >= 0.6 is 0 Å². The summed E-state index contributed by atoms with van der Waals surface area (Å²) < 4.78 is 30.0. The molecule has 0 unspecified atom stereocenters. The van der Waals surface area contributed by atoms with Gasteiger partial charge in [-0.1, -0.05) is 49.6 Å². The third kappa shape index (κ3) is 4.65. The van der Waals surface area contributed by atoms with Gasteiger partial charge >= 0.3 is 0 Å². The van der Waals surface area contributed by atoms with Crippen LogP contribution in [0.25, 0.3) is 16.9 Å². The van der Waals surface area contributed by atoms with Crippen LogP contribution in [0.1, 0.15) is 32.1 Å². The first-order valence-electron chi connectivity index (χ1n) is 11.1. The van der Waals surface area contributed by atoms with E-state index in [1.807, 2.05) is 36.4 Å². The standard InChI is InChI=1S/C24H24BN5O2S/c25-21-16-26-30-23(15-22(28-24(21)30)17-7-3-1-4-8-17)27-18-11-13-20(14-12-18)33(31,32)29-19-9-5-2-6-10-19/h1,3-4,7-8,11-16,19,27,29H,2,5-6,9-10H2. The molecule has 1 fully saturated rings. The fourth-order valence-electron chi connectivity index (χ4n) is 4.20. The molecule has 0 saturated heterocycles. The molecule has 1 aliphatic rings. The van der Waals surface area contributed by atoms with E-state index < -0.39 is 10.0 Å². The van der Waals surface area contributed by atoms with Gasteiger partial charge in [-0.3, -0.25) is 0 Å². The molecule has 5 rings (SSSR count). The number of aromatic nitrogens is 3. The number of hydrogen-bond donors (Lipinski definition) is 2. The average Bonchev–Trinajstić information content (AvgIpc) is 3.21. The summed E-state index contributed by atoms with van der Waals surface area (Å²) in [4.78, 5) is 4.91. The summed E-state index contributed by atoms with van der Waals surface area (Å²) in [6, 6.07) is 18.5. The Labute approximate surface area is 194 Å². The number of nitrogens with one attached hydrogen (secondary N) is 2. The largest absolute Gasteiger partial charge is 0.340 e. The zero-order valence-corrected chi connectivity index (χ0v) is 18.9. The molecule has 2 N–H and O–H groups in total. The molecule has 0 spiro atoms. The third-order valence-corrected chi connectivity index (χ3v) is 7.47. The molecule has 166 valence electrons. The minimum absolute atomic E-state index is 0.0216. The van der Waals surface area contributed by atoms with Gasteiger partial charge in [0.1, 0.15) is 13.7 Å². The number of fused-ring (bicyclic) bond motifs is 1. The van der Waals surface area contributed by atoms with Gasteiger partial charge in [-0.05, 0) is 42.6 Å². The number of anilines is 2. The summed E-state index contributed by atoms with van der Waals surface area (Å²) in [6.07, 6.45) is 6.67. The van der Waals surface area contributed by atoms with Gasteiger partial charge in [0.15, 0.2) is 5.65 Å². The van der Waals surface area contributed by atoms with Crippen LogP contribution in [0.4, 0.5) is 11.5 Å².